The van der Waals surface area contributed by atoms with Crippen LogP contribution in [-0.2, 0) is 9.53 Å². The number of esters is 1. The summed E-state index contributed by atoms with van der Waals surface area (Å²) in [4.78, 5) is 12.0. The minimum Gasteiger partial charge on any atom is -0.497 e. The molecule has 0 unspecified atom stereocenters. The summed E-state index contributed by atoms with van der Waals surface area (Å²) in [6.07, 6.45) is 7.44. The lowest BCUT2D eigenvalue weighted by molar-refractivity contribution is -0.140. The third-order valence-electron chi connectivity index (χ3n) is 3.94. The monoisotopic (exact) mass is 299 g/mol. The molecule has 0 amide bonds. The van der Waals surface area contributed by atoms with Crippen molar-refractivity contribution < 1.29 is 14.3 Å². The van der Waals surface area contributed by atoms with Crippen LogP contribution in [0.1, 0.15) is 37.7 Å². The maximum absolute atomic E-state index is 12.0. The summed E-state index contributed by atoms with van der Waals surface area (Å²) in [5.74, 6) is 0.637. The molecule has 0 aromatic heterocycles. The Bertz CT molecular complexity index is 563. The molecule has 0 atom stereocenters. The molecule has 1 aliphatic rings. The van der Waals surface area contributed by atoms with Crippen LogP contribution in [0, 0.1) is 17.2 Å². The van der Waals surface area contributed by atoms with Gasteiger partial charge in [0.15, 0.2) is 0 Å². The van der Waals surface area contributed by atoms with Gasteiger partial charge in [0.05, 0.1) is 13.7 Å². The molecule has 0 spiro atoms. The third kappa shape index (κ3) is 4.63. The molecular weight excluding hydrogens is 278 g/mol. The molecule has 0 radical (unpaired) electrons. The maximum atomic E-state index is 12.0. The second-order valence-electron chi connectivity index (χ2n) is 5.55. The molecule has 1 aromatic carbocycles. The number of hydrogen-bond acceptors (Lipinski definition) is 4. The summed E-state index contributed by atoms with van der Waals surface area (Å²) in [6, 6.07) is 9.09. The fourth-order valence-corrected chi connectivity index (χ4v) is 2.63. The smallest absolute Gasteiger partial charge is 0.348 e. The zero-order valence-corrected chi connectivity index (χ0v) is 12.9. The van der Waals surface area contributed by atoms with Crippen LogP contribution in [-0.4, -0.2) is 19.7 Å². The molecule has 2 rings (SSSR count). The fourth-order valence-electron chi connectivity index (χ4n) is 2.63. The van der Waals surface area contributed by atoms with Crippen molar-refractivity contribution in [3.8, 4) is 11.8 Å². The van der Waals surface area contributed by atoms with E-state index in [2.05, 4.69) is 0 Å². The van der Waals surface area contributed by atoms with Crippen molar-refractivity contribution >= 4 is 12.0 Å². The minimum atomic E-state index is -0.538. The van der Waals surface area contributed by atoms with Crippen LogP contribution in [0.15, 0.2) is 29.8 Å². The fraction of sp³-hybridized carbons (Fsp3) is 0.444. The van der Waals surface area contributed by atoms with Crippen LogP contribution in [0.2, 0.25) is 0 Å². The van der Waals surface area contributed by atoms with Crippen LogP contribution in [0.4, 0.5) is 0 Å². The zero-order valence-electron chi connectivity index (χ0n) is 12.9. The highest BCUT2D eigenvalue weighted by atomic mass is 16.5. The van der Waals surface area contributed by atoms with Crippen molar-refractivity contribution in [3.63, 3.8) is 0 Å². The summed E-state index contributed by atoms with van der Waals surface area (Å²) in [6.45, 7) is 0.417. The third-order valence-corrected chi connectivity index (χ3v) is 3.94. The second kappa shape index (κ2) is 8.23. The average Bonchev–Trinajstić information content (AvgIpc) is 2.59. The molecule has 0 aliphatic heterocycles. The zero-order chi connectivity index (χ0) is 15.8. The molecular formula is C18H21NO3. The number of methoxy groups -OCH3 is 1. The summed E-state index contributed by atoms with van der Waals surface area (Å²) < 4.78 is 10.4. The Morgan fingerprint density at radius 1 is 1.27 bits per heavy atom. The molecule has 0 heterocycles. The van der Waals surface area contributed by atoms with Gasteiger partial charge in [-0.15, -0.1) is 0 Å². The highest BCUT2D eigenvalue weighted by Crippen LogP contribution is 2.24. The van der Waals surface area contributed by atoms with Crippen molar-refractivity contribution in [1.29, 1.82) is 5.26 Å². The first kappa shape index (κ1) is 16.1. The number of ether oxygens (including phenoxy) is 2. The van der Waals surface area contributed by atoms with Gasteiger partial charge in [0.2, 0.25) is 0 Å². The first-order valence-corrected chi connectivity index (χ1v) is 7.66. The largest absolute Gasteiger partial charge is 0.497 e. The van der Waals surface area contributed by atoms with Crippen LogP contribution < -0.4 is 4.74 Å². The Balaban J connectivity index is 1.95. The lowest BCUT2D eigenvalue weighted by Crippen LogP contribution is -2.17. The summed E-state index contributed by atoms with van der Waals surface area (Å²) in [5.41, 5.74) is 0.799. The van der Waals surface area contributed by atoms with Gasteiger partial charge in [0, 0.05) is 0 Å². The molecule has 0 N–H and O–H groups in total. The number of hydrogen-bond donors (Lipinski definition) is 0. The number of nitriles is 1. The SMILES string of the molecule is COc1ccc(/C=C(\C#N)C(=O)OCC2CCCCC2)cc1. The highest BCUT2D eigenvalue weighted by Gasteiger charge is 2.17. The summed E-state index contributed by atoms with van der Waals surface area (Å²) >= 11 is 0. The van der Waals surface area contributed by atoms with Crippen LogP contribution in [0.5, 0.6) is 5.75 Å². The molecule has 1 aliphatic carbocycles. The van der Waals surface area contributed by atoms with E-state index >= 15 is 0 Å². The predicted octanol–water partition coefficient (Wildman–Crippen LogP) is 3.73. The van der Waals surface area contributed by atoms with Gasteiger partial charge in [0.25, 0.3) is 0 Å². The minimum absolute atomic E-state index is 0.0287. The lowest BCUT2D eigenvalue weighted by atomic mass is 9.90. The van der Waals surface area contributed by atoms with Crippen LogP contribution in [0.25, 0.3) is 6.08 Å². The molecule has 4 nitrogen and oxygen atoms in total. The number of rotatable bonds is 5. The normalized spacial score (nSPS) is 15.9. The van der Waals surface area contributed by atoms with Crippen LogP contribution in [0.3, 0.4) is 0 Å². The Morgan fingerprint density at radius 2 is 1.95 bits per heavy atom. The molecule has 1 aromatic rings. The number of benzene rings is 1. The summed E-state index contributed by atoms with van der Waals surface area (Å²) in [7, 11) is 1.59. The standard InChI is InChI=1S/C18H21NO3/c1-21-17-9-7-14(8-10-17)11-16(12-19)18(20)22-13-15-5-3-2-4-6-15/h7-11,15H,2-6,13H2,1H3/b16-11+. The Kier molecular flexibility index (Phi) is 6.02. The van der Waals surface area contributed by atoms with Gasteiger partial charge >= 0.3 is 5.97 Å². The lowest BCUT2D eigenvalue weighted by Gasteiger charge is -2.20. The van der Waals surface area contributed by atoms with Gasteiger partial charge in [-0.2, -0.15) is 5.26 Å². The van der Waals surface area contributed by atoms with E-state index in [4.69, 9.17) is 14.7 Å². The van der Waals surface area contributed by atoms with E-state index in [1.54, 1.807) is 37.5 Å². The van der Waals surface area contributed by atoms with Gasteiger partial charge in [0.1, 0.15) is 17.4 Å². The van der Waals surface area contributed by atoms with Crippen molar-refractivity contribution in [2.24, 2.45) is 5.92 Å². The Hall–Kier alpha value is -2.28. The van der Waals surface area contributed by atoms with Crippen molar-refractivity contribution in [2.45, 2.75) is 32.1 Å². The number of carbonyl (C=O) groups excluding carboxylic acids is 1. The van der Waals surface area contributed by atoms with Gasteiger partial charge < -0.3 is 9.47 Å². The van der Waals surface area contributed by atoms with E-state index in [0.717, 1.165) is 24.2 Å². The van der Waals surface area contributed by atoms with E-state index in [1.807, 2.05) is 6.07 Å². The molecule has 4 heteroatoms. The predicted molar refractivity (Wildman–Crippen MR) is 84.1 cm³/mol. The van der Waals surface area contributed by atoms with E-state index in [1.165, 1.54) is 19.3 Å². The first-order valence-electron chi connectivity index (χ1n) is 7.66. The average molecular weight is 299 g/mol. The van der Waals surface area contributed by atoms with Gasteiger partial charge in [-0.1, -0.05) is 31.4 Å². The molecule has 116 valence electrons. The van der Waals surface area contributed by atoms with E-state index in [-0.39, 0.29) is 5.57 Å². The van der Waals surface area contributed by atoms with E-state index in [0.29, 0.717) is 12.5 Å². The van der Waals surface area contributed by atoms with Crippen molar-refractivity contribution in [1.82, 2.24) is 0 Å². The van der Waals surface area contributed by atoms with E-state index < -0.39 is 5.97 Å². The molecule has 0 saturated heterocycles. The maximum Gasteiger partial charge on any atom is 0.348 e. The molecule has 1 saturated carbocycles. The molecule has 0 bridgehead atoms. The summed E-state index contributed by atoms with van der Waals surface area (Å²) in [5, 5.41) is 9.15. The topological polar surface area (TPSA) is 59.3 Å². The Morgan fingerprint density at radius 3 is 2.55 bits per heavy atom. The van der Waals surface area contributed by atoms with Crippen LogP contribution >= 0.6 is 0 Å². The highest BCUT2D eigenvalue weighted by molar-refractivity contribution is 5.97. The van der Waals surface area contributed by atoms with Gasteiger partial charge in [-0.3, -0.25) is 0 Å². The molecule has 22 heavy (non-hydrogen) atoms. The van der Waals surface area contributed by atoms with Gasteiger partial charge in [-0.25, -0.2) is 4.79 Å². The van der Waals surface area contributed by atoms with Crippen molar-refractivity contribution in [2.75, 3.05) is 13.7 Å². The van der Waals surface area contributed by atoms with E-state index in [9.17, 15) is 4.79 Å². The molecule has 1 fully saturated rings. The Labute approximate surface area is 131 Å². The van der Waals surface area contributed by atoms with Gasteiger partial charge in [-0.05, 0) is 42.5 Å². The quantitative estimate of drug-likeness (QED) is 0.472. The van der Waals surface area contributed by atoms with Crippen molar-refractivity contribution in [3.05, 3.63) is 35.4 Å². The number of nitrogens with zero attached hydrogens (tertiary/aromatic N) is 1. The number of carbonyl (C=O) groups is 1. The second-order valence-corrected chi connectivity index (χ2v) is 5.55. The first-order chi connectivity index (χ1) is 10.7.